The molecule has 0 radical (unpaired) electrons. The van der Waals surface area contributed by atoms with Gasteiger partial charge in [0.15, 0.2) is 0 Å². The topological polar surface area (TPSA) is 17.1 Å². The molecule has 0 rings (SSSR count). The van der Waals surface area contributed by atoms with Crippen molar-refractivity contribution >= 4 is 34.4 Å². The van der Waals surface area contributed by atoms with Crippen molar-refractivity contribution in [2.75, 3.05) is 5.88 Å². The summed E-state index contributed by atoms with van der Waals surface area (Å²) in [5.41, 5.74) is 0. The molecule has 3 heteroatoms. The predicted molar refractivity (Wildman–Crippen MR) is 31.7 cm³/mol. The second kappa shape index (κ2) is 5.44. The van der Waals surface area contributed by atoms with Gasteiger partial charge in [-0.05, 0) is 6.92 Å². The number of carbonyl (C=O) groups is 1. The van der Waals surface area contributed by atoms with Crippen molar-refractivity contribution in [2.24, 2.45) is 0 Å². The standard InChI is InChI=1S/C3H5ClO.BrH/c1-3(5)2-4;/h2H2,1H3;1H. The van der Waals surface area contributed by atoms with Gasteiger partial charge in [0.25, 0.3) is 0 Å². The summed E-state index contributed by atoms with van der Waals surface area (Å²) in [5.74, 6) is 0.159. The van der Waals surface area contributed by atoms with Crippen LogP contribution < -0.4 is 0 Å². The molecule has 0 fully saturated rings. The average Bonchev–Trinajstić information content (AvgIpc) is 1.38. The highest BCUT2D eigenvalue weighted by molar-refractivity contribution is 8.93. The maximum Gasteiger partial charge on any atom is 0.144 e. The zero-order chi connectivity index (χ0) is 4.28. The fourth-order valence-corrected chi connectivity index (χ4v) is 0. The lowest BCUT2D eigenvalue weighted by Crippen LogP contribution is -1.86. The summed E-state index contributed by atoms with van der Waals surface area (Å²) in [5, 5.41) is 0. The molecule has 38 valence electrons. The molecule has 0 N–H and O–H groups in total. The van der Waals surface area contributed by atoms with E-state index in [1.54, 1.807) is 0 Å². The fraction of sp³-hybridized carbons (Fsp3) is 0.667. The van der Waals surface area contributed by atoms with Crippen LogP contribution in [0.3, 0.4) is 0 Å². The molecule has 0 saturated heterocycles. The third-order valence-corrected chi connectivity index (χ3v) is 0.565. The lowest BCUT2D eigenvalue weighted by Gasteiger charge is -1.69. The first-order chi connectivity index (χ1) is 2.27. The highest BCUT2D eigenvalue weighted by atomic mass is 79.9. The van der Waals surface area contributed by atoms with Crippen LogP contribution in [0.2, 0.25) is 0 Å². The van der Waals surface area contributed by atoms with Gasteiger partial charge in [-0.15, -0.1) is 28.6 Å². The Labute approximate surface area is 52.4 Å². The second-order valence-electron chi connectivity index (χ2n) is 0.836. The van der Waals surface area contributed by atoms with Crippen molar-refractivity contribution in [3.05, 3.63) is 0 Å². The molecule has 0 aromatic heterocycles. The second-order valence-corrected chi connectivity index (χ2v) is 1.10. The molecule has 0 aromatic rings. The van der Waals surface area contributed by atoms with Crippen LogP contribution in [0.5, 0.6) is 0 Å². The van der Waals surface area contributed by atoms with Gasteiger partial charge in [0.1, 0.15) is 5.78 Å². The summed E-state index contributed by atoms with van der Waals surface area (Å²) in [6.07, 6.45) is 0. The number of Topliss-reactive ketones (excluding diaryl/α,β-unsaturated/α-hetero) is 1. The minimum absolute atomic E-state index is 0. The van der Waals surface area contributed by atoms with Crippen LogP contribution in [0.4, 0.5) is 0 Å². The molecule has 0 aliphatic carbocycles. The van der Waals surface area contributed by atoms with Gasteiger partial charge in [-0.1, -0.05) is 0 Å². The molecule has 0 heterocycles. The van der Waals surface area contributed by atoms with E-state index in [1.165, 1.54) is 6.92 Å². The quantitative estimate of drug-likeness (QED) is 0.548. The molecule has 0 aliphatic rings. The van der Waals surface area contributed by atoms with Gasteiger partial charge in [0, 0.05) is 0 Å². The Bertz CT molecular complexity index is 46.1. The number of carbonyl (C=O) groups excluding carboxylic acids is 1. The Hall–Kier alpha value is 0.440. The number of hydrogen-bond acceptors (Lipinski definition) is 1. The highest BCUT2D eigenvalue weighted by Gasteiger charge is 1.79. The van der Waals surface area contributed by atoms with Crippen LogP contribution in [0.1, 0.15) is 6.92 Å². The van der Waals surface area contributed by atoms with Gasteiger partial charge in [-0.2, -0.15) is 0 Å². The Kier molecular flexibility index (Phi) is 8.77. The van der Waals surface area contributed by atoms with E-state index >= 15 is 0 Å². The number of alkyl halides is 1. The Morgan fingerprint density at radius 3 is 2.00 bits per heavy atom. The van der Waals surface area contributed by atoms with Crippen LogP contribution >= 0.6 is 28.6 Å². The molecular weight excluding hydrogens is 167 g/mol. The van der Waals surface area contributed by atoms with E-state index in [0.29, 0.717) is 0 Å². The molecule has 0 bridgehead atoms. The van der Waals surface area contributed by atoms with Crippen molar-refractivity contribution in [1.29, 1.82) is 0 Å². The molecule has 0 spiro atoms. The number of ketones is 1. The molecule has 0 atom stereocenters. The zero-order valence-corrected chi connectivity index (χ0v) is 5.87. The van der Waals surface area contributed by atoms with E-state index in [2.05, 4.69) is 0 Å². The van der Waals surface area contributed by atoms with Crippen molar-refractivity contribution in [3.8, 4) is 0 Å². The monoisotopic (exact) mass is 172 g/mol. The zero-order valence-electron chi connectivity index (χ0n) is 3.40. The van der Waals surface area contributed by atoms with Gasteiger partial charge < -0.3 is 0 Å². The maximum absolute atomic E-state index is 9.68. The number of hydrogen-bond donors (Lipinski definition) is 0. The number of halogens is 2. The average molecular weight is 173 g/mol. The Morgan fingerprint density at radius 1 is 1.83 bits per heavy atom. The number of rotatable bonds is 1. The van der Waals surface area contributed by atoms with Crippen LogP contribution in [0.15, 0.2) is 0 Å². The predicted octanol–water partition coefficient (Wildman–Crippen LogP) is 1.39. The van der Waals surface area contributed by atoms with Gasteiger partial charge in [-0.25, -0.2) is 0 Å². The van der Waals surface area contributed by atoms with Crippen molar-refractivity contribution in [2.45, 2.75) is 6.92 Å². The first-order valence-electron chi connectivity index (χ1n) is 1.32. The SMILES string of the molecule is Br.CC(=O)CCl. The third kappa shape index (κ3) is 8.83. The summed E-state index contributed by atoms with van der Waals surface area (Å²) in [4.78, 5) is 9.68. The first-order valence-corrected chi connectivity index (χ1v) is 1.86. The normalized spacial score (nSPS) is 6.33. The van der Waals surface area contributed by atoms with Crippen LogP contribution in [0.25, 0.3) is 0 Å². The molecule has 0 unspecified atom stereocenters. The smallest absolute Gasteiger partial charge is 0.144 e. The Balaban J connectivity index is 0. The minimum atomic E-state index is 0. The van der Waals surface area contributed by atoms with Gasteiger partial charge in [0.2, 0.25) is 0 Å². The summed E-state index contributed by atoms with van der Waals surface area (Å²) < 4.78 is 0. The van der Waals surface area contributed by atoms with E-state index in [0.717, 1.165) is 0 Å². The third-order valence-electron chi connectivity index (χ3n) is 0.188. The minimum Gasteiger partial charge on any atom is -0.299 e. The lowest BCUT2D eigenvalue weighted by atomic mass is 10.5. The van der Waals surface area contributed by atoms with Crippen molar-refractivity contribution < 1.29 is 4.79 Å². The maximum atomic E-state index is 9.68. The molecule has 1 nitrogen and oxygen atoms in total. The van der Waals surface area contributed by atoms with Crippen LogP contribution in [0, 0.1) is 0 Å². The van der Waals surface area contributed by atoms with Crippen LogP contribution in [-0.4, -0.2) is 11.7 Å². The summed E-state index contributed by atoms with van der Waals surface area (Å²) >= 11 is 4.99. The van der Waals surface area contributed by atoms with E-state index < -0.39 is 0 Å². The first kappa shape index (κ1) is 9.67. The fourth-order valence-electron chi connectivity index (χ4n) is 0. The molecule has 0 amide bonds. The van der Waals surface area contributed by atoms with E-state index in [-0.39, 0.29) is 28.6 Å². The largest absolute Gasteiger partial charge is 0.299 e. The summed E-state index contributed by atoms with van der Waals surface area (Å²) in [7, 11) is 0. The summed E-state index contributed by atoms with van der Waals surface area (Å²) in [6.45, 7) is 1.45. The van der Waals surface area contributed by atoms with Crippen molar-refractivity contribution in [1.82, 2.24) is 0 Å². The van der Waals surface area contributed by atoms with Crippen molar-refractivity contribution in [3.63, 3.8) is 0 Å². The van der Waals surface area contributed by atoms with Gasteiger partial charge >= 0.3 is 0 Å². The van der Waals surface area contributed by atoms with E-state index in [1.807, 2.05) is 0 Å². The van der Waals surface area contributed by atoms with Gasteiger partial charge in [0.05, 0.1) is 5.88 Å². The Morgan fingerprint density at radius 2 is 2.00 bits per heavy atom. The van der Waals surface area contributed by atoms with E-state index in [9.17, 15) is 4.79 Å². The molecule has 0 saturated carbocycles. The summed E-state index contributed by atoms with van der Waals surface area (Å²) in [6, 6.07) is 0. The van der Waals surface area contributed by atoms with E-state index in [4.69, 9.17) is 11.6 Å². The highest BCUT2D eigenvalue weighted by Crippen LogP contribution is 1.71. The molecule has 0 aromatic carbocycles. The van der Waals surface area contributed by atoms with Crippen LogP contribution in [-0.2, 0) is 4.79 Å². The molecule has 0 aliphatic heterocycles. The van der Waals surface area contributed by atoms with Gasteiger partial charge in [-0.3, -0.25) is 4.79 Å². The molecule has 6 heavy (non-hydrogen) atoms. The molecular formula is C3H6BrClO. The lowest BCUT2D eigenvalue weighted by molar-refractivity contribution is -0.114.